The summed E-state index contributed by atoms with van der Waals surface area (Å²) in [5, 5.41) is 20.1. The van der Waals surface area contributed by atoms with Gasteiger partial charge in [0.15, 0.2) is 0 Å². The Morgan fingerprint density at radius 1 is 1.03 bits per heavy atom. The number of hydrogen-bond acceptors (Lipinski definition) is 5. The fourth-order valence-electron chi connectivity index (χ4n) is 6.36. The molecule has 1 unspecified atom stereocenters. The predicted octanol–water partition coefficient (Wildman–Crippen LogP) is 5.58. The number of benzene rings is 2. The van der Waals surface area contributed by atoms with E-state index in [-0.39, 0.29) is 18.3 Å². The molecule has 3 aliphatic carbocycles. The molecular weight excluding hydrogens is 469 g/mol. The maximum absolute atomic E-state index is 14.7. The highest BCUT2D eigenvalue weighted by atomic mass is 19.1. The van der Waals surface area contributed by atoms with Gasteiger partial charge < -0.3 is 19.7 Å². The third-order valence-electron chi connectivity index (χ3n) is 8.70. The van der Waals surface area contributed by atoms with Crippen LogP contribution in [0.3, 0.4) is 0 Å². The zero-order chi connectivity index (χ0) is 25.7. The van der Waals surface area contributed by atoms with Crippen LogP contribution in [0, 0.1) is 30.5 Å². The summed E-state index contributed by atoms with van der Waals surface area (Å²) in [7, 11) is 0. The molecule has 0 spiro atoms. The SMILES string of the molecule is Cc1nc(OCC2CCC[C@H](O)[C@@H]2O)ccc1-c1ccc(F)c(COc2ccc3c(c2)C[C@H]2[C@H](C)[C@@H]32)c1. The van der Waals surface area contributed by atoms with Gasteiger partial charge in [-0.3, -0.25) is 0 Å². The van der Waals surface area contributed by atoms with Crippen LogP contribution in [0.5, 0.6) is 11.6 Å². The first-order chi connectivity index (χ1) is 17.9. The zero-order valence-corrected chi connectivity index (χ0v) is 21.4. The van der Waals surface area contributed by atoms with Gasteiger partial charge in [-0.2, -0.15) is 0 Å². The van der Waals surface area contributed by atoms with E-state index in [1.807, 2.05) is 25.1 Å². The Bertz CT molecular complexity index is 1310. The second-order valence-electron chi connectivity index (χ2n) is 11.1. The van der Waals surface area contributed by atoms with Crippen molar-refractivity contribution < 1.29 is 24.1 Å². The summed E-state index contributed by atoms with van der Waals surface area (Å²) < 4.78 is 26.5. The third-order valence-corrected chi connectivity index (χ3v) is 8.70. The molecule has 0 saturated heterocycles. The largest absolute Gasteiger partial charge is 0.489 e. The lowest BCUT2D eigenvalue weighted by Gasteiger charge is -2.31. The Balaban J connectivity index is 1.12. The van der Waals surface area contributed by atoms with E-state index in [9.17, 15) is 14.6 Å². The van der Waals surface area contributed by atoms with Gasteiger partial charge in [0.2, 0.25) is 5.88 Å². The topological polar surface area (TPSA) is 71.8 Å². The number of aliphatic hydroxyl groups excluding tert-OH is 2. The van der Waals surface area contributed by atoms with E-state index in [4.69, 9.17) is 9.47 Å². The van der Waals surface area contributed by atoms with Crippen LogP contribution >= 0.6 is 0 Å². The van der Waals surface area contributed by atoms with Crippen LogP contribution in [0.2, 0.25) is 0 Å². The first-order valence-corrected chi connectivity index (χ1v) is 13.4. The molecular formula is C31H34FNO4. The van der Waals surface area contributed by atoms with Crippen molar-refractivity contribution >= 4 is 0 Å². The molecule has 2 N–H and O–H groups in total. The van der Waals surface area contributed by atoms with Gasteiger partial charge in [-0.25, -0.2) is 9.37 Å². The van der Waals surface area contributed by atoms with Crippen LogP contribution in [-0.2, 0) is 13.0 Å². The van der Waals surface area contributed by atoms with Crippen LogP contribution in [0.15, 0.2) is 48.5 Å². The van der Waals surface area contributed by atoms with Crippen LogP contribution in [-0.4, -0.2) is 34.0 Å². The molecule has 0 amide bonds. The van der Waals surface area contributed by atoms with Gasteiger partial charge in [-0.15, -0.1) is 0 Å². The summed E-state index contributed by atoms with van der Waals surface area (Å²) in [5.74, 6) is 3.17. The average Bonchev–Trinajstić information content (AvgIpc) is 3.34. The van der Waals surface area contributed by atoms with Gasteiger partial charge in [0.25, 0.3) is 0 Å². The Hall–Kier alpha value is -2.96. The summed E-state index contributed by atoms with van der Waals surface area (Å²) >= 11 is 0. The van der Waals surface area contributed by atoms with Crippen molar-refractivity contribution in [1.82, 2.24) is 4.98 Å². The molecule has 5 nitrogen and oxygen atoms in total. The number of halogens is 1. The van der Waals surface area contributed by atoms with E-state index < -0.39 is 12.2 Å². The Labute approximate surface area is 217 Å². The molecule has 3 aliphatic rings. The first-order valence-electron chi connectivity index (χ1n) is 13.4. The van der Waals surface area contributed by atoms with E-state index in [1.165, 1.54) is 17.2 Å². The number of rotatable bonds is 7. The summed E-state index contributed by atoms with van der Waals surface area (Å²) in [5.41, 5.74) is 5.86. The summed E-state index contributed by atoms with van der Waals surface area (Å²) in [6, 6.07) is 15.1. The standard InChI is InChI=1S/C31H34FNO4/c1-17-26-14-21-13-23(7-8-25(21)30(17)26)36-16-22-12-19(6-10-27(22)32)24-9-11-29(33-18(24)2)37-15-20-4-3-5-28(34)31(20)35/h6-13,17,20,26,28,30-31,34-35H,3-5,14-16H2,1-2H3/t17-,20?,26-,28-,30-,31+/m0/s1. The molecule has 6 atom stereocenters. The maximum atomic E-state index is 14.7. The Morgan fingerprint density at radius 2 is 1.89 bits per heavy atom. The molecule has 0 aliphatic heterocycles. The van der Waals surface area contributed by atoms with Gasteiger partial charge in [-0.1, -0.05) is 25.5 Å². The van der Waals surface area contributed by atoms with Crippen molar-refractivity contribution in [2.75, 3.05) is 6.61 Å². The van der Waals surface area contributed by atoms with E-state index in [0.717, 1.165) is 59.6 Å². The molecule has 0 bridgehead atoms. The first kappa shape index (κ1) is 24.4. The van der Waals surface area contributed by atoms with Crippen molar-refractivity contribution in [2.45, 2.75) is 64.3 Å². The van der Waals surface area contributed by atoms with Crippen molar-refractivity contribution in [1.29, 1.82) is 0 Å². The number of hydrogen-bond donors (Lipinski definition) is 2. The number of aliphatic hydroxyl groups is 2. The molecule has 2 saturated carbocycles. The summed E-state index contributed by atoms with van der Waals surface area (Å²) in [4.78, 5) is 4.58. The molecule has 6 heteroatoms. The normalized spacial score (nSPS) is 27.9. The van der Waals surface area contributed by atoms with Crippen LogP contribution in [0.4, 0.5) is 4.39 Å². The van der Waals surface area contributed by atoms with Crippen molar-refractivity contribution in [3.63, 3.8) is 0 Å². The van der Waals surface area contributed by atoms with Crippen molar-refractivity contribution in [3.8, 4) is 22.8 Å². The van der Waals surface area contributed by atoms with Gasteiger partial charge in [0, 0.05) is 28.8 Å². The maximum Gasteiger partial charge on any atom is 0.213 e. The number of aryl methyl sites for hydroxylation is 1. The highest BCUT2D eigenvalue weighted by molar-refractivity contribution is 5.67. The Kier molecular flexibility index (Phi) is 6.41. The van der Waals surface area contributed by atoms with Crippen LogP contribution in [0.25, 0.3) is 11.1 Å². The van der Waals surface area contributed by atoms with Gasteiger partial charge >= 0.3 is 0 Å². The van der Waals surface area contributed by atoms with Gasteiger partial charge in [-0.05, 0) is 91.0 Å². The number of pyridine rings is 1. The number of aromatic nitrogens is 1. The predicted molar refractivity (Wildman–Crippen MR) is 139 cm³/mol. The molecule has 6 rings (SSSR count). The third kappa shape index (κ3) is 4.73. The molecule has 2 aromatic carbocycles. The van der Waals surface area contributed by atoms with Gasteiger partial charge in [0.1, 0.15) is 18.2 Å². The number of ether oxygens (including phenoxy) is 2. The summed E-state index contributed by atoms with van der Waals surface area (Å²) in [6.45, 7) is 4.69. The van der Waals surface area contributed by atoms with E-state index in [2.05, 4.69) is 24.0 Å². The molecule has 0 radical (unpaired) electrons. The molecule has 194 valence electrons. The van der Waals surface area contributed by atoms with E-state index in [1.54, 1.807) is 12.1 Å². The molecule has 3 aromatic rings. The quantitative estimate of drug-likeness (QED) is 0.440. The minimum Gasteiger partial charge on any atom is -0.489 e. The van der Waals surface area contributed by atoms with Crippen molar-refractivity contribution in [2.24, 2.45) is 17.8 Å². The molecule has 37 heavy (non-hydrogen) atoms. The highest BCUT2D eigenvalue weighted by Crippen LogP contribution is 2.61. The average molecular weight is 504 g/mol. The minimum atomic E-state index is -0.764. The second-order valence-corrected chi connectivity index (χ2v) is 11.1. The highest BCUT2D eigenvalue weighted by Gasteiger charge is 2.52. The molecule has 1 heterocycles. The zero-order valence-electron chi connectivity index (χ0n) is 21.4. The molecule has 1 aromatic heterocycles. The van der Waals surface area contributed by atoms with Gasteiger partial charge in [0.05, 0.1) is 18.8 Å². The smallest absolute Gasteiger partial charge is 0.213 e. The lowest BCUT2D eigenvalue weighted by molar-refractivity contribution is -0.0560. The van der Waals surface area contributed by atoms with Crippen LogP contribution in [0.1, 0.15) is 54.5 Å². The summed E-state index contributed by atoms with van der Waals surface area (Å²) in [6.07, 6.45) is 2.00. The lowest BCUT2D eigenvalue weighted by atomic mass is 9.85. The second kappa shape index (κ2) is 9.73. The van der Waals surface area contributed by atoms with Crippen molar-refractivity contribution in [3.05, 3.63) is 76.7 Å². The number of fused-ring (bicyclic) bond motifs is 3. The van der Waals surface area contributed by atoms with E-state index >= 15 is 0 Å². The fourth-order valence-corrected chi connectivity index (χ4v) is 6.36. The molecule has 2 fully saturated rings. The Morgan fingerprint density at radius 3 is 2.73 bits per heavy atom. The van der Waals surface area contributed by atoms with Crippen LogP contribution < -0.4 is 9.47 Å². The lowest BCUT2D eigenvalue weighted by Crippen LogP contribution is -2.40. The van der Waals surface area contributed by atoms with E-state index in [0.29, 0.717) is 24.5 Å². The minimum absolute atomic E-state index is 0.106. The fraction of sp³-hybridized carbons (Fsp3) is 0.452. The monoisotopic (exact) mass is 503 g/mol. The number of nitrogens with zero attached hydrogens (tertiary/aromatic N) is 1.